The third kappa shape index (κ3) is 2.94. The molecule has 3 heteroatoms. The van der Waals surface area contributed by atoms with Crippen LogP contribution in [0, 0.1) is 6.92 Å². The quantitative estimate of drug-likeness (QED) is 0.795. The van der Waals surface area contributed by atoms with Crippen molar-refractivity contribution in [2.45, 2.75) is 6.92 Å². The molecule has 1 rings (SSSR count). The minimum atomic E-state index is -1.34. The predicted molar refractivity (Wildman–Crippen MR) is 46.0 cm³/mol. The average Bonchev–Trinajstić information content (AvgIpc) is 1.93. The van der Waals surface area contributed by atoms with Crippen LogP contribution in [0.3, 0.4) is 0 Å². The number of carbonyl (C=O) groups is 1. The van der Waals surface area contributed by atoms with Crippen molar-refractivity contribution in [3.63, 3.8) is 0 Å². The summed E-state index contributed by atoms with van der Waals surface area (Å²) < 4.78 is 0.407. The third-order valence-corrected chi connectivity index (χ3v) is 3.69. The SMILES string of the molecule is Cc1cc[c]([SbH][C](=O)O)cc1. The molecule has 0 spiro atoms. The molecular weight excluding hydrogens is 250 g/mol. The number of carboxylic acid groups (broad SMARTS) is 1. The molecule has 0 radical (unpaired) electrons. The van der Waals surface area contributed by atoms with E-state index in [9.17, 15) is 4.79 Å². The molecule has 0 aromatic heterocycles. The van der Waals surface area contributed by atoms with Crippen molar-refractivity contribution >= 4 is 29.0 Å². The molecule has 0 heterocycles. The molecule has 0 amide bonds. The van der Waals surface area contributed by atoms with Crippen molar-refractivity contribution in [1.29, 1.82) is 0 Å². The summed E-state index contributed by atoms with van der Waals surface area (Å²) in [5.74, 6) is 0. The van der Waals surface area contributed by atoms with Gasteiger partial charge in [0.2, 0.25) is 0 Å². The first-order valence-electron chi connectivity index (χ1n) is 3.25. The van der Waals surface area contributed by atoms with Crippen molar-refractivity contribution in [2.75, 3.05) is 0 Å². The van der Waals surface area contributed by atoms with E-state index in [1.165, 1.54) is 5.56 Å². The molecule has 0 bridgehead atoms. The first kappa shape index (κ1) is 8.60. The molecule has 0 saturated carbocycles. The van der Waals surface area contributed by atoms with Gasteiger partial charge < -0.3 is 0 Å². The summed E-state index contributed by atoms with van der Waals surface area (Å²) in [6.07, 6.45) is 0. The molecule has 1 aromatic rings. The Kier molecular flexibility index (Phi) is 2.95. The van der Waals surface area contributed by atoms with Crippen LogP contribution in [0.4, 0.5) is 4.79 Å². The summed E-state index contributed by atoms with van der Waals surface area (Å²) in [5.41, 5.74) is 1.18. The van der Waals surface area contributed by atoms with Gasteiger partial charge in [0.15, 0.2) is 0 Å². The van der Waals surface area contributed by atoms with Gasteiger partial charge in [-0.25, -0.2) is 0 Å². The van der Waals surface area contributed by atoms with Gasteiger partial charge in [-0.15, -0.1) is 0 Å². The fraction of sp³-hybridized carbons (Fsp3) is 0.125. The summed E-state index contributed by atoms with van der Waals surface area (Å²) >= 11 is -1.34. The molecule has 0 aliphatic heterocycles. The van der Waals surface area contributed by atoms with Crippen LogP contribution >= 0.6 is 0 Å². The van der Waals surface area contributed by atoms with Crippen LogP contribution in [-0.2, 0) is 0 Å². The van der Waals surface area contributed by atoms with Crippen LogP contribution < -0.4 is 3.51 Å². The Hall–Kier alpha value is -0.492. The van der Waals surface area contributed by atoms with Crippen LogP contribution in [0.1, 0.15) is 5.56 Å². The van der Waals surface area contributed by atoms with Gasteiger partial charge in [-0.2, -0.15) is 0 Å². The zero-order valence-corrected chi connectivity index (χ0v) is 9.02. The van der Waals surface area contributed by atoms with E-state index in [-0.39, 0.29) is 0 Å². The molecule has 11 heavy (non-hydrogen) atoms. The summed E-state index contributed by atoms with van der Waals surface area (Å²) in [7, 11) is 0. The van der Waals surface area contributed by atoms with Crippen molar-refractivity contribution in [1.82, 2.24) is 0 Å². The van der Waals surface area contributed by atoms with Gasteiger partial charge in [-0.1, -0.05) is 0 Å². The molecule has 1 aromatic carbocycles. The van der Waals surface area contributed by atoms with Gasteiger partial charge in [0.05, 0.1) is 0 Å². The topological polar surface area (TPSA) is 37.3 Å². The minimum absolute atomic E-state index is 0.613. The monoisotopic (exact) mass is 258 g/mol. The summed E-state index contributed by atoms with van der Waals surface area (Å²) in [5, 5.41) is 8.51. The van der Waals surface area contributed by atoms with Crippen LogP contribution in [0.15, 0.2) is 24.3 Å². The molecular formula is C8H9O2Sb. The Bertz CT molecular complexity index is 253. The number of hydrogen-bond acceptors (Lipinski definition) is 1. The second-order valence-corrected chi connectivity index (χ2v) is 5.88. The number of hydrogen-bond donors (Lipinski definition) is 1. The van der Waals surface area contributed by atoms with Crippen LogP contribution in [0.25, 0.3) is 0 Å². The average molecular weight is 259 g/mol. The number of rotatable bonds is 2. The number of benzene rings is 1. The van der Waals surface area contributed by atoms with Crippen molar-refractivity contribution < 1.29 is 9.90 Å². The summed E-state index contributed by atoms with van der Waals surface area (Å²) in [4.78, 5) is 10.3. The van der Waals surface area contributed by atoms with E-state index in [0.717, 1.165) is 3.51 Å². The van der Waals surface area contributed by atoms with Crippen LogP contribution in [0.5, 0.6) is 0 Å². The maximum atomic E-state index is 10.3. The fourth-order valence-corrected chi connectivity index (χ4v) is 2.42. The van der Waals surface area contributed by atoms with Gasteiger partial charge >= 0.3 is 75.7 Å². The zero-order chi connectivity index (χ0) is 8.27. The first-order chi connectivity index (χ1) is 5.18. The fourth-order valence-electron chi connectivity index (χ4n) is 0.760. The Morgan fingerprint density at radius 3 is 2.36 bits per heavy atom. The predicted octanol–water partition coefficient (Wildman–Crippen LogP) is 0.735. The van der Waals surface area contributed by atoms with Crippen molar-refractivity contribution in [2.24, 2.45) is 0 Å². The molecule has 0 saturated heterocycles. The van der Waals surface area contributed by atoms with E-state index in [2.05, 4.69) is 0 Å². The van der Waals surface area contributed by atoms with Crippen LogP contribution in [0.2, 0.25) is 0 Å². The molecule has 2 nitrogen and oxygen atoms in total. The molecule has 0 aliphatic rings. The summed E-state index contributed by atoms with van der Waals surface area (Å²) in [6.45, 7) is 2.00. The molecule has 0 atom stereocenters. The van der Waals surface area contributed by atoms with Gasteiger partial charge in [0, 0.05) is 0 Å². The van der Waals surface area contributed by atoms with E-state index in [1.807, 2.05) is 31.2 Å². The molecule has 1 N–H and O–H groups in total. The standard InChI is InChI=1S/C7H7.CHO2.Sb.H/c1-7-5-3-2-4-6-7;2-1-3;;/h3-6H,1H3;(H,2,3);;. The Morgan fingerprint density at radius 1 is 1.36 bits per heavy atom. The van der Waals surface area contributed by atoms with Gasteiger partial charge in [-0.3, -0.25) is 0 Å². The number of aryl methyl sites for hydroxylation is 1. The Balaban J connectivity index is 2.74. The van der Waals surface area contributed by atoms with Gasteiger partial charge in [0.1, 0.15) is 0 Å². The zero-order valence-electron chi connectivity index (χ0n) is 6.16. The third-order valence-electron chi connectivity index (χ3n) is 1.30. The van der Waals surface area contributed by atoms with Gasteiger partial charge in [0.25, 0.3) is 0 Å². The van der Waals surface area contributed by atoms with Crippen molar-refractivity contribution in [3.05, 3.63) is 29.8 Å². The van der Waals surface area contributed by atoms with E-state index < -0.39 is 25.5 Å². The second-order valence-electron chi connectivity index (χ2n) is 2.30. The first-order valence-corrected chi connectivity index (χ1v) is 6.10. The molecule has 0 unspecified atom stereocenters. The molecule has 0 aliphatic carbocycles. The molecule has 0 fully saturated rings. The van der Waals surface area contributed by atoms with Gasteiger partial charge in [-0.05, 0) is 0 Å². The maximum absolute atomic E-state index is 10.3. The van der Waals surface area contributed by atoms with E-state index in [0.29, 0.717) is 0 Å². The summed E-state index contributed by atoms with van der Waals surface area (Å²) in [6, 6.07) is 7.74. The van der Waals surface area contributed by atoms with E-state index in [4.69, 9.17) is 5.11 Å². The Morgan fingerprint density at radius 2 is 1.91 bits per heavy atom. The molecule has 58 valence electrons. The van der Waals surface area contributed by atoms with E-state index in [1.54, 1.807) is 0 Å². The van der Waals surface area contributed by atoms with Crippen LogP contribution in [-0.4, -0.2) is 30.6 Å². The second kappa shape index (κ2) is 3.77. The Labute approximate surface area is 75.8 Å². The van der Waals surface area contributed by atoms with Crippen molar-refractivity contribution in [3.8, 4) is 0 Å². The van der Waals surface area contributed by atoms with E-state index >= 15 is 0 Å². The normalized spacial score (nSPS) is 9.55.